The highest BCUT2D eigenvalue weighted by atomic mass is 16.5. The summed E-state index contributed by atoms with van der Waals surface area (Å²) in [6, 6.07) is 0. The summed E-state index contributed by atoms with van der Waals surface area (Å²) in [5, 5.41) is 12.1. The molecule has 0 aromatic heterocycles. The van der Waals surface area contributed by atoms with Crippen molar-refractivity contribution in [2.45, 2.75) is 96.2 Å². The molecule has 184 valence electrons. The zero-order valence-corrected chi connectivity index (χ0v) is 20.7. The van der Waals surface area contributed by atoms with Crippen LogP contribution >= 0.6 is 0 Å². The Labute approximate surface area is 196 Å². The average molecular weight is 463 g/mol. The Bertz CT molecular complexity index is 912. The Hall–Kier alpha value is -1.28. The van der Waals surface area contributed by atoms with E-state index in [2.05, 4.69) is 6.92 Å². The first-order valence-electron chi connectivity index (χ1n) is 12.4. The van der Waals surface area contributed by atoms with Crippen molar-refractivity contribution in [2.75, 3.05) is 20.8 Å². The van der Waals surface area contributed by atoms with E-state index < -0.39 is 34.1 Å². The highest BCUT2D eigenvalue weighted by Crippen LogP contribution is 2.84. The fraction of sp³-hybridized carbons (Fsp3) is 0.846. The van der Waals surface area contributed by atoms with Gasteiger partial charge in [0.25, 0.3) is 0 Å². The molecule has 1 N–H and O–H groups in total. The number of Topliss-reactive ketones (excluding diaryl/α,β-unsaturated/α-hetero) is 1. The number of ketones is 1. The minimum absolute atomic E-state index is 0.00837. The summed E-state index contributed by atoms with van der Waals surface area (Å²) >= 11 is 0. The Morgan fingerprint density at radius 2 is 1.97 bits per heavy atom. The number of hydrogen-bond donors (Lipinski definition) is 1. The highest BCUT2D eigenvalue weighted by molar-refractivity contribution is 5.96. The van der Waals surface area contributed by atoms with Gasteiger partial charge in [0.2, 0.25) is 0 Å². The third kappa shape index (κ3) is 2.45. The van der Waals surface area contributed by atoms with Gasteiger partial charge in [-0.1, -0.05) is 20.3 Å². The number of hydrogen-bond acceptors (Lipinski definition) is 7. The van der Waals surface area contributed by atoms with Crippen molar-refractivity contribution >= 4 is 11.8 Å². The molecule has 1 spiro atoms. The second-order valence-corrected chi connectivity index (χ2v) is 11.3. The summed E-state index contributed by atoms with van der Waals surface area (Å²) in [5.74, 6) is -0.0741. The van der Waals surface area contributed by atoms with Gasteiger partial charge in [-0.05, 0) is 37.8 Å². The molecule has 33 heavy (non-hydrogen) atoms. The first-order chi connectivity index (χ1) is 15.6. The van der Waals surface area contributed by atoms with Crippen molar-refractivity contribution in [3.05, 3.63) is 11.1 Å². The molecule has 3 unspecified atom stereocenters. The number of ether oxygens (including phenoxy) is 4. The van der Waals surface area contributed by atoms with Crippen molar-refractivity contribution in [1.29, 1.82) is 0 Å². The third-order valence-corrected chi connectivity index (χ3v) is 10.5. The molecule has 4 aliphatic carbocycles. The van der Waals surface area contributed by atoms with E-state index in [9.17, 15) is 14.7 Å². The maximum atomic E-state index is 14.2. The molecule has 7 nitrogen and oxygen atoms in total. The van der Waals surface area contributed by atoms with Crippen molar-refractivity contribution in [3.8, 4) is 0 Å². The van der Waals surface area contributed by atoms with Gasteiger partial charge in [0, 0.05) is 50.2 Å². The summed E-state index contributed by atoms with van der Waals surface area (Å²) in [4.78, 5) is 26.7. The molecule has 0 aromatic carbocycles. The predicted octanol–water partition coefficient (Wildman–Crippen LogP) is 2.97. The van der Waals surface area contributed by atoms with Crippen LogP contribution in [0.5, 0.6) is 0 Å². The van der Waals surface area contributed by atoms with Crippen LogP contribution in [0.25, 0.3) is 0 Å². The van der Waals surface area contributed by atoms with E-state index in [0.29, 0.717) is 32.3 Å². The van der Waals surface area contributed by atoms with Gasteiger partial charge in [-0.2, -0.15) is 0 Å². The van der Waals surface area contributed by atoms with Crippen LogP contribution < -0.4 is 0 Å². The van der Waals surface area contributed by atoms with Gasteiger partial charge in [-0.25, -0.2) is 0 Å². The van der Waals surface area contributed by atoms with E-state index in [4.69, 9.17) is 18.9 Å². The van der Waals surface area contributed by atoms with Crippen molar-refractivity contribution < 1.29 is 33.6 Å². The second-order valence-electron chi connectivity index (χ2n) is 11.3. The van der Waals surface area contributed by atoms with Gasteiger partial charge >= 0.3 is 5.97 Å². The molecule has 9 atom stereocenters. The zero-order valence-electron chi connectivity index (χ0n) is 20.7. The molecule has 0 bridgehead atoms. The first-order valence-corrected chi connectivity index (χ1v) is 12.4. The summed E-state index contributed by atoms with van der Waals surface area (Å²) in [6.45, 7) is 8.70. The lowest BCUT2D eigenvalue weighted by Gasteiger charge is -2.83. The first kappa shape index (κ1) is 23.5. The fourth-order valence-electron chi connectivity index (χ4n) is 8.74. The summed E-state index contributed by atoms with van der Waals surface area (Å²) < 4.78 is 23.6. The molecule has 1 saturated heterocycles. The molecule has 4 fully saturated rings. The molecule has 5 rings (SSSR count). The van der Waals surface area contributed by atoms with E-state index in [0.717, 1.165) is 24.0 Å². The number of unbranched alkanes of at least 4 members (excludes halogenated alkanes) is 1. The average Bonchev–Trinajstić information content (AvgIpc) is 2.75. The second kappa shape index (κ2) is 7.36. The number of methoxy groups -OCH3 is 2. The largest absolute Gasteiger partial charge is 0.458 e. The van der Waals surface area contributed by atoms with Crippen molar-refractivity contribution in [1.82, 2.24) is 0 Å². The number of esters is 1. The molecule has 0 radical (unpaired) electrons. The van der Waals surface area contributed by atoms with Crippen molar-refractivity contribution in [2.24, 2.45) is 22.2 Å². The third-order valence-electron chi connectivity index (χ3n) is 10.5. The number of carbonyl (C=O) groups is 2. The van der Waals surface area contributed by atoms with Gasteiger partial charge in [-0.15, -0.1) is 0 Å². The lowest BCUT2D eigenvalue weighted by molar-refractivity contribution is -0.389. The van der Waals surface area contributed by atoms with E-state index in [1.54, 1.807) is 14.2 Å². The fourth-order valence-corrected chi connectivity index (χ4v) is 8.74. The number of aliphatic hydroxyl groups is 1. The molecule has 1 aliphatic heterocycles. The molecular formula is C26H38O7. The monoisotopic (exact) mass is 462 g/mol. The van der Waals surface area contributed by atoms with Gasteiger partial charge in [-0.3, -0.25) is 9.59 Å². The molecule has 0 amide bonds. The lowest BCUT2D eigenvalue weighted by Crippen LogP contribution is -2.88. The van der Waals surface area contributed by atoms with Crippen LogP contribution in [-0.4, -0.2) is 67.7 Å². The highest BCUT2D eigenvalue weighted by Gasteiger charge is 2.88. The molecule has 1 heterocycles. The topological polar surface area (TPSA) is 91.3 Å². The standard InChI is InChI=1S/C26H38O7/c1-7-8-9-19(27)33-17-11-25(29)13-26-15-12-32-16(15)10-18(30-5)23(26,3)22(28)21(31-6)20(14(17)2)24(25,26)4/h15-18,21,29H,7-13H2,1-6H3/t15-,16-,17+,18+,21-,23?,24+,25?,26?/m1/s1. The Kier molecular flexibility index (Phi) is 5.23. The molecule has 5 aliphatic rings. The molecular weight excluding hydrogens is 424 g/mol. The maximum Gasteiger partial charge on any atom is 0.306 e. The Morgan fingerprint density at radius 1 is 1.24 bits per heavy atom. The van der Waals surface area contributed by atoms with Crippen LogP contribution in [0.2, 0.25) is 0 Å². The minimum atomic E-state index is -1.09. The number of fused-ring (bicyclic) bond motifs is 1. The summed E-state index contributed by atoms with van der Waals surface area (Å²) in [5.41, 5.74) is -1.41. The van der Waals surface area contributed by atoms with Crippen LogP contribution in [-0.2, 0) is 28.5 Å². The number of carbonyl (C=O) groups excluding carboxylic acids is 2. The van der Waals surface area contributed by atoms with Crippen molar-refractivity contribution in [3.63, 3.8) is 0 Å². The van der Waals surface area contributed by atoms with E-state index in [-0.39, 0.29) is 29.9 Å². The van der Waals surface area contributed by atoms with E-state index in [1.807, 2.05) is 20.8 Å². The van der Waals surface area contributed by atoms with E-state index >= 15 is 0 Å². The van der Waals surface area contributed by atoms with Crippen LogP contribution in [0.4, 0.5) is 0 Å². The smallest absolute Gasteiger partial charge is 0.306 e. The van der Waals surface area contributed by atoms with Crippen LogP contribution in [0.3, 0.4) is 0 Å². The van der Waals surface area contributed by atoms with Crippen LogP contribution in [0, 0.1) is 22.2 Å². The number of rotatable bonds is 6. The minimum Gasteiger partial charge on any atom is -0.458 e. The van der Waals surface area contributed by atoms with Gasteiger partial charge in [0.1, 0.15) is 12.2 Å². The quantitative estimate of drug-likeness (QED) is 0.479. The van der Waals surface area contributed by atoms with Crippen LogP contribution in [0.1, 0.15) is 66.2 Å². The van der Waals surface area contributed by atoms with Gasteiger partial charge in [0.05, 0.1) is 29.8 Å². The van der Waals surface area contributed by atoms with Gasteiger partial charge < -0.3 is 24.1 Å². The molecule has 7 heteroatoms. The zero-order chi connectivity index (χ0) is 24.0. The normalized spacial score (nSPS) is 49.9. The molecule has 3 saturated carbocycles. The lowest BCUT2D eigenvalue weighted by atomic mass is 9.22. The SMILES string of the molecule is CCCCC(=O)O[C@H]1CC2(O)CC34[C@@H]5CO[C@@H]5C[C@H](OC)C3(C)C(=O)[C@H](OC)C(=C1C)[C@@]24C. The Balaban J connectivity index is 1.66. The molecule has 0 aromatic rings. The maximum absolute atomic E-state index is 14.2. The van der Waals surface area contributed by atoms with E-state index in [1.165, 1.54) is 0 Å². The predicted molar refractivity (Wildman–Crippen MR) is 119 cm³/mol. The van der Waals surface area contributed by atoms with Crippen LogP contribution in [0.15, 0.2) is 11.1 Å². The summed E-state index contributed by atoms with van der Waals surface area (Å²) in [6.07, 6.45) is 1.90. The summed E-state index contributed by atoms with van der Waals surface area (Å²) in [7, 11) is 3.21. The van der Waals surface area contributed by atoms with Gasteiger partial charge in [0.15, 0.2) is 5.78 Å². The Morgan fingerprint density at radius 3 is 2.55 bits per heavy atom.